The van der Waals surface area contributed by atoms with Gasteiger partial charge in [0.2, 0.25) is 17.7 Å². The molecule has 436 valence electrons. The number of nitrogens with one attached hydrogen (secondary N) is 5. The SMILES string of the molecule is C[C@@H]1O[C@@H](OCCNNC(=O)CN(CC(=O)NCCC(=O)ON2C(=O)CCC2=O)CC(=O)NNCCO[C@H]2O[C@H](CO[C@H]3O[C@H](CO)[C@@H](O)[C@H](O)[C@@H]3O)[C@@H](O)[C@H](O[C@H]3O[C@H](CO)[C@@H](O)[C@H](O)[C@@H]3O)[C@@H]2O)[C@@H](O)[C@H](O)[C@@H]1O. The summed E-state index contributed by atoms with van der Waals surface area (Å²) in [6.07, 6.45) is -34.1. The minimum absolute atomic E-state index is 0.0882. The molecule has 35 heteroatoms. The fraction of sp³-hybridized carbons (Fsp3) is 0.854. The maximum absolute atomic E-state index is 13.1. The van der Waals surface area contributed by atoms with Crippen LogP contribution in [0.25, 0.3) is 0 Å². The van der Waals surface area contributed by atoms with Gasteiger partial charge in [0.1, 0.15) is 91.6 Å². The number of aliphatic hydroxyl groups is 13. The zero-order chi connectivity index (χ0) is 56.0. The lowest BCUT2D eigenvalue weighted by atomic mass is 9.96. The number of hydroxylamine groups is 2. The molecule has 5 aliphatic rings. The lowest BCUT2D eigenvalue weighted by Gasteiger charge is -2.46. The Labute approximate surface area is 431 Å². The minimum atomic E-state index is -1.99. The van der Waals surface area contributed by atoms with Crippen LogP contribution in [0.1, 0.15) is 26.2 Å². The fourth-order valence-corrected chi connectivity index (χ4v) is 8.01. The Morgan fingerprint density at radius 1 is 0.553 bits per heavy atom. The van der Waals surface area contributed by atoms with Crippen molar-refractivity contribution in [1.82, 2.24) is 37.0 Å². The number of carbonyl (C=O) groups is 6. The summed E-state index contributed by atoms with van der Waals surface area (Å²) in [6, 6.07) is 0. The Bertz CT molecular complexity index is 1880. The predicted octanol–water partition coefficient (Wildman–Crippen LogP) is -13.0. The average Bonchev–Trinajstić information content (AvgIpc) is 3.70. The number of hydrogen-bond donors (Lipinski definition) is 18. The van der Waals surface area contributed by atoms with Gasteiger partial charge in [0.15, 0.2) is 25.2 Å². The van der Waals surface area contributed by atoms with E-state index in [1.54, 1.807) is 0 Å². The van der Waals surface area contributed by atoms with Crippen LogP contribution >= 0.6 is 0 Å². The van der Waals surface area contributed by atoms with Gasteiger partial charge in [0, 0.05) is 32.5 Å². The molecule has 0 aromatic rings. The fourth-order valence-electron chi connectivity index (χ4n) is 8.01. The lowest BCUT2D eigenvalue weighted by molar-refractivity contribution is -0.366. The maximum atomic E-state index is 13.1. The van der Waals surface area contributed by atoms with Crippen molar-refractivity contribution in [2.45, 2.75) is 149 Å². The normalized spacial score (nSPS) is 37.0. The van der Waals surface area contributed by atoms with Crippen molar-refractivity contribution in [1.29, 1.82) is 0 Å². The van der Waals surface area contributed by atoms with E-state index in [-0.39, 0.29) is 39.1 Å². The Morgan fingerprint density at radius 2 is 1.01 bits per heavy atom. The zero-order valence-electron chi connectivity index (χ0n) is 40.8. The number of imide groups is 1. The first kappa shape index (κ1) is 62.9. The van der Waals surface area contributed by atoms with Crippen molar-refractivity contribution in [2.24, 2.45) is 0 Å². The Balaban J connectivity index is 1.14. The van der Waals surface area contributed by atoms with Crippen molar-refractivity contribution in [3.63, 3.8) is 0 Å². The van der Waals surface area contributed by atoms with Crippen molar-refractivity contribution in [3.05, 3.63) is 0 Å². The molecule has 5 aliphatic heterocycles. The number of hydrogen-bond acceptors (Lipinski definition) is 31. The number of hydrazine groups is 2. The molecule has 20 atom stereocenters. The second kappa shape index (κ2) is 29.9. The highest BCUT2D eigenvalue weighted by Gasteiger charge is 2.52. The van der Waals surface area contributed by atoms with E-state index < -0.39 is 211 Å². The molecule has 5 fully saturated rings. The third-order valence-electron chi connectivity index (χ3n) is 12.3. The second-order valence-corrected chi connectivity index (χ2v) is 18.0. The first-order valence-corrected chi connectivity index (χ1v) is 24.0. The number of carbonyl (C=O) groups excluding carboxylic acids is 6. The van der Waals surface area contributed by atoms with E-state index in [2.05, 4.69) is 27.0 Å². The first-order chi connectivity index (χ1) is 36.1. The van der Waals surface area contributed by atoms with E-state index >= 15 is 0 Å². The van der Waals surface area contributed by atoms with Crippen LogP contribution in [0.4, 0.5) is 0 Å². The summed E-state index contributed by atoms with van der Waals surface area (Å²) in [4.78, 5) is 80.5. The second-order valence-electron chi connectivity index (χ2n) is 18.0. The van der Waals surface area contributed by atoms with E-state index in [1.807, 2.05) is 0 Å². The third-order valence-corrected chi connectivity index (χ3v) is 12.3. The molecule has 76 heavy (non-hydrogen) atoms. The molecule has 5 amide bonds. The number of aliphatic hydroxyl groups excluding tert-OH is 13. The predicted molar refractivity (Wildman–Crippen MR) is 237 cm³/mol. The Morgan fingerprint density at radius 3 is 1.55 bits per heavy atom. The topological polar surface area (TPSA) is 515 Å². The van der Waals surface area contributed by atoms with Crippen molar-refractivity contribution < 1.29 is 138 Å². The summed E-state index contributed by atoms with van der Waals surface area (Å²) < 4.78 is 44.0. The van der Waals surface area contributed by atoms with Gasteiger partial charge in [-0.15, -0.1) is 5.06 Å². The third kappa shape index (κ3) is 17.0. The van der Waals surface area contributed by atoms with E-state index in [0.29, 0.717) is 5.06 Å². The highest BCUT2D eigenvalue weighted by Crippen LogP contribution is 2.31. The highest BCUT2D eigenvalue weighted by atomic mass is 16.8. The zero-order valence-corrected chi connectivity index (χ0v) is 40.8. The smallest absolute Gasteiger partial charge is 0.334 e. The van der Waals surface area contributed by atoms with E-state index in [1.165, 1.54) is 6.92 Å². The van der Waals surface area contributed by atoms with Crippen LogP contribution < -0.4 is 27.0 Å². The molecular weight excluding hydrogens is 1040 g/mol. The van der Waals surface area contributed by atoms with Gasteiger partial charge in [-0.1, -0.05) is 0 Å². The quantitative estimate of drug-likeness (QED) is 0.0206. The van der Waals surface area contributed by atoms with E-state index in [0.717, 1.165) is 4.90 Å². The molecule has 0 spiro atoms. The van der Waals surface area contributed by atoms with Crippen LogP contribution in [0.2, 0.25) is 0 Å². The van der Waals surface area contributed by atoms with Gasteiger partial charge in [-0.3, -0.25) is 39.7 Å². The van der Waals surface area contributed by atoms with E-state index in [4.69, 9.17) is 42.7 Å². The lowest BCUT2D eigenvalue weighted by Crippen LogP contribution is -2.65. The number of amides is 5. The molecular formula is C41H69N7O28. The van der Waals surface area contributed by atoms with Crippen LogP contribution in [0.5, 0.6) is 0 Å². The van der Waals surface area contributed by atoms with Crippen molar-refractivity contribution in [2.75, 3.05) is 72.3 Å². The molecule has 0 unspecified atom stereocenters. The maximum Gasteiger partial charge on any atom is 0.334 e. The molecule has 35 nitrogen and oxygen atoms in total. The number of nitrogens with zero attached hydrogens (tertiary/aromatic N) is 2. The van der Waals surface area contributed by atoms with Crippen LogP contribution in [0.15, 0.2) is 0 Å². The van der Waals surface area contributed by atoms with Crippen LogP contribution in [0.3, 0.4) is 0 Å². The van der Waals surface area contributed by atoms with Gasteiger partial charge in [-0.05, 0) is 6.92 Å². The van der Waals surface area contributed by atoms with E-state index in [9.17, 15) is 95.2 Å². The molecule has 0 radical (unpaired) electrons. The molecule has 18 N–H and O–H groups in total. The molecule has 0 bridgehead atoms. The summed E-state index contributed by atoms with van der Waals surface area (Å²) in [7, 11) is 0. The summed E-state index contributed by atoms with van der Waals surface area (Å²) in [6.45, 7) is -4.12. The summed E-state index contributed by atoms with van der Waals surface area (Å²) in [5.74, 6) is -4.86. The minimum Gasteiger partial charge on any atom is -0.394 e. The summed E-state index contributed by atoms with van der Waals surface area (Å²) in [5, 5.41) is 136. The molecule has 5 saturated heterocycles. The first-order valence-electron chi connectivity index (χ1n) is 24.0. The molecule has 0 aliphatic carbocycles. The van der Waals surface area contributed by atoms with Crippen LogP contribution in [-0.2, 0) is 71.5 Å². The molecule has 5 heterocycles. The standard InChI is InChI=1S/C41H69N7O28/c1-16-26(57)30(61)33(64)38(71-16)68-8-6-43-45-21(52)11-47(10-20(51)42-5-4-25(56)76-48-23(54)2-3-24(48)55)12-22(53)46-44-7-9-69-40-36(67)37(75-41-35(66)32(63)28(59)18(14-50)73-41)29(60)19(74-40)15-70-39-34(65)31(62)27(58)17(13-49)72-39/h16-19,26-41,43-44,49-50,57-67H,2-15H2,1H3,(H,42,51)(H,45,52)(H,46,53)/t16-,17+,18+,19+,26+,27+,28+,29+,30+,31-,32-,33-,34-,35-,36-,37-,38+,39-,40-,41+/m0/s1. The van der Waals surface area contributed by atoms with Crippen molar-refractivity contribution in [3.8, 4) is 0 Å². The van der Waals surface area contributed by atoms with Gasteiger partial charge in [0.05, 0.1) is 65.2 Å². The summed E-state index contributed by atoms with van der Waals surface area (Å²) in [5.41, 5.74) is 9.68. The molecule has 0 saturated carbocycles. The van der Waals surface area contributed by atoms with Crippen LogP contribution in [-0.4, -0.2) is 307 Å². The Kier molecular flexibility index (Phi) is 24.7. The van der Waals surface area contributed by atoms with Crippen LogP contribution in [0, 0.1) is 0 Å². The van der Waals surface area contributed by atoms with Gasteiger partial charge < -0.3 is 114 Å². The largest absolute Gasteiger partial charge is 0.394 e. The molecule has 5 rings (SSSR count). The highest BCUT2D eigenvalue weighted by molar-refractivity contribution is 6.01. The monoisotopic (exact) mass is 1110 g/mol. The molecule has 0 aromatic carbocycles. The van der Waals surface area contributed by atoms with Crippen molar-refractivity contribution >= 4 is 35.5 Å². The number of ether oxygens (including phenoxy) is 8. The van der Waals surface area contributed by atoms with Gasteiger partial charge in [0.25, 0.3) is 11.8 Å². The molecule has 0 aromatic heterocycles. The average molecular weight is 1110 g/mol. The Hall–Kier alpha value is -3.94. The van der Waals surface area contributed by atoms with Gasteiger partial charge in [-0.25, -0.2) is 15.6 Å². The number of rotatable bonds is 27. The summed E-state index contributed by atoms with van der Waals surface area (Å²) >= 11 is 0. The van der Waals surface area contributed by atoms with Gasteiger partial charge in [-0.2, -0.15) is 0 Å². The van der Waals surface area contributed by atoms with Gasteiger partial charge >= 0.3 is 5.97 Å².